The van der Waals surface area contributed by atoms with Gasteiger partial charge in [-0.15, -0.1) is 0 Å². The van der Waals surface area contributed by atoms with Crippen molar-refractivity contribution in [1.29, 1.82) is 0 Å². The molecule has 0 amide bonds. The van der Waals surface area contributed by atoms with Crippen molar-refractivity contribution in [3.63, 3.8) is 0 Å². The van der Waals surface area contributed by atoms with Gasteiger partial charge in [0.15, 0.2) is 5.65 Å². The van der Waals surface area contributed by atoms with E-state index in [4.69, 9.17) is 24.2 Å². The zero-order valence-electron chi connectivity index (χ0n) is 20.7. The van der Waals surface area contributed by atoms with Crippen molar-refractivity contribution in [2.75, 3.05) is 31.2 Å². The Morgan fingerprint density at radius 1 is 1.08 bits per heavy atom. The Bertz CT molecular complexity index is 1430. The van der Waals surface area contributed by atoms with Crippen LogP contribution in [0.25, 0.3) is 34.1 Å². The fourth-order valence-electron chi connectivity index (χ4n) is 5.40. The average Bonchev–Trinajstić information content (AvgIpc) is 3.49. The normalized spacial score (nSPS) is 20.8. The third-order valence-corrected chi connectivity index (χ3v) is 7.40. The number of aromatic nitrogens is 6. The van der Waals surface area contributed by atoms with Gasteiger partial charge in [-0.25, -0.2) is 14.8 Å². The number of benzene rings is 1. The van der Waals surface area contributed by atoms with E-state index in [1.165, 1.54) is 25.7 Å². The number of hydrogen-bond acceptors (Lipinski definition) is 8. The minimum absolute atomic E-state index is 0.194. The van der Waals surface area contributed by atoms with Crippen molar-refractivity contribution in [2.45, 2.75) is 46.1 Å². The Labute approximate surface area is 208 Å². The molecule has 1 aromatic carbocycles. The number of rotatable bonds is 5. The number of morpholine rings is 1. The molecule has 1 aliphatic heterocycles. The van der Waals surface area contributed by atoms with Gasteiger partial charge in [-0.2, -0.15) is 4.98 Å². The molecule has 10 nitrogen and oxygen atoms in total. The van der Waals surface area contributed by atoms with Crippen LogP contribution >= 0.6 is 0 Å². The zero-order chi connectivity index (χ0) is 24.6. The maximum Gasteiger partial charge on any atom is 0.439 e. The first-order chi connectivity index (χ1) is 17.5. The molecule has 0 spiro atoms. The third-order valence-electron chi connectivity index (χ3n) is 7.40. The topological polar surface area (TPSA) is 115 Å². The maximum atomic E-state index is 11.7. The van der Waals surface area contributed by atoms with E-state index in [9.17, 15) is 4.79 Å². The van der Waals surface area contributed by atoms with Crippen LogP contribution < -0.4 is 10.7 Å². The van der Waals surface area contributed by atoms with Gasteiger partial charge in [0.1, 0.15) is 11.2 Å². The number of aromatic amines is 1. The predicted octanol–water partition coefficient (Wildman–Crippen LogP) is 3.81. The third kappa shape index (κ3) is 4.41. The van der Waals surface area contributed by atoms with E-state index in [1.807, 2.05) is 6.07 Å². The molecule has 2 fully saturated rings. The highest BCUT2D eigenvalue weighted by Gasteiger charge is 2.28. The Hall–Kier alpha value is -3.53. The Morgan fingerprint density at radius 3 is 2.61 bits per heavy atom. The summed E-state index contributed by atoms with van der Waals surface area (Å²) in [6, 6.07) is 8.27. The molecule has 0 unspecified atom stereocenters. The molecule has 10 heteroatoms. The summed E-state index contributed by atoms with van der Waals surface area (Å²) in [6.45, 7) is 8.19. The van der Waals surface area contributed by atoms with Crippen LogP contribution in [-0.2, 0) is 11.3 Å². The molecule has 3 aromatic heterocycles. The highest BCUT2D eigenvalue weighted by Crippen LogP contribution is 2.36. The van der Waals surface area contributed by atoms with Crippen LogP contribution in [0.3, 0.4) is 0 Å². The Balaban J connectivity index is 1.56. The number of fused-ring (bicyclic) bond motifs is 1. The number of ether oxygens (including phenoxy) is 1. The van der Waals surface area contributed by atoms with E-state index >= 15 is 0 Å². The van der Waals surface area contributed by atoms with Gasteiger partial charge in [0.2, 0.25) is 17.6 Å². The number of H-pyrrole nitrogens is 1. The lowest BCUT2D eigenvalue weighted by molar-refractivity contribution is 0.121. The molecule has 6 rings (SSSR count). The number of hydrogen-bond donors (Lipinski definition) is 1. The van der Waals surface area contributed by atoms with Crippen molar-refractivity contribution in [3.05, 3.63) is 40.4 Å². The van der Waals surface area contributed by atoms with Crippen molar-refractivity contribution in [1.82, 2.24) is 29.7 Å². The van der Waals surface area contributed by atoms with Gasteiger partial charge in [0, 0.05) is 25.2 Å². The first-order valence-electron chi connectivity index (χ1n) is 12.8. The first-order valence-corrected chi connectivity index (χ1v) is 12.8. The van der Waals surface area contributed by atoms with E-state index in [1.54, 1.807) is 0 Å². The molecule has 36 heavy (non-hydrogen) atoms. The number of anilines is 1. The van der Waals surface area contributed by atoms with E-state index < -0.39 is 5.76 Å². The lowest BCUT2D eigenvalue weighted by Crippen LogP contribution is -2.38. The summed E-state index contributed by atoms with van der Waals surface area (Å²) in [5.41, 5.74) is 4.39. The summed E-state index contributed by atoms with van der Waals surface area (Å²) < 4.78 is 12.7. The summed E-state index contributed by atoms with van der Waals surface area (Å²) in [5.74, 6) is 2.11. The quantitative estimate of drug-likeness (QED) is 0.450. The molecular weight excluding hydrogens is 458 g/mol. The lowest BCUT2D eigenvalue weighted by atomic mass is 9.83. The molecule has 1 saturated carbocycles. The summed E-state index contributed by atoms with van der Waals surface area (Å²) in [5, 5.41) is 3.84. The molecule has 0 atom stereocenters. The van der Waals surface area contributed by atoms with Crippen LogP contribution in [-0.4, -0.2) is 56.0 Å². The van der Waals surface area contributed by atoms with Gasteiger partial charge in [-0.05, 0) is 37.7 Å². The monoisotopic (exact) mass is 489 g/mol. The van der Waals surface area contributed by atoms with Crippen molar-refractivity contribution >= 4 is 17.1 Å². The van der Waals surface area contributed by atoms with Crippen molar-refractivity contribution in [3.8, 4) is 22.9 Å². The Morgan fingerprint density at radius 2 is 1.89 bits per heavy atom. The second-order valence-corrected chi connectivity index (χ2v) is 10.1. The van der Waals surface area contributed by atoms with Crippen molar-refractivity contribution in [2.24, 2.45) is 11.8 Å². The summed E-state index contributed by atoms with van der Waals surface area (Å²) in [6.07, 6.45) is 4.94. The Kier molecular flexibility index (Phi) is 6.04. The first kappa shape index (κ1) is 22.9. The fraction of sp³-hybridized carbons (Fsp3) is 0.500. The predicted molar refractivity (Wildman–Crippen MR) is 136 cm³/mol. The SMILES string of the molecule is Cc1cccc(-c2nc(-c3noc(=O)[nH]3)nc3nc(N4CCOCC4)n(C[C@H]4CC[C@H](C)CC4)c23)c1. The minimum atomic E-state index is -0.642. The van der Waals surface area contributed by atoms with Gasteiger partial charge in [0.05, 0.1) is 13.2 Å². The van der Waals surface area contributed by atoms with Gasteiger partial charge >= 0.3 is 5.76 Å². The molecular formula is C26H31N7O3. The molecule has 1 saturated heterocycles. The summed E-state index contributed by atoms with van der Waals surface area (Å²) in [4.78, 5) is 31.2. The fourth-order valence-corrected chi connectivity index (χ4v) is 5.40. The van der Waals surface area contributed by atoms with E-state index in [0.29, 0.717) is 24.8 Å². The van der Waals surface area contributed by atoms with Gasteiger partial charge in [-0.1, -0.05) is 48.7 Å². The van der Waals surface area contributed by atoms with Crippen LogP contribution in [0.4, 0.5) is 5.95 Å². The standard InChI is InChI=1S/C26H31N7O3/c1-16-6-8-18(9-7-16)15-33-21-20(19-5-3-4-17(2)14-19)27-23(24-30-26(34)36-31-24)28-22(21)29-25(33)32-10-12-35-13-11-32/h3-5,14,16,18H,6-13,15H2,1-2H3,(H,30,31,34)/t16-,18-. The van der Waals surface area contributed by atoms with Gasteiger partial charge in [0.25, 0.3) is 0 Å². The van der Waals surface area contributed by atoms with E-state index in [0.717, 1.165) is 53.8 Å². The number of nitrogens with zero attached hydrogens (tertiary/aromatic N) is 6. The summed E-state index contributed by atoms with van der Waals surface area (Å²) in [7, 11) is 0. The van der Waals surface area contributed by atoms with Crippen molar-refractivity contribution < 1.29 is 9.26 Å². The molecule has 188 valence electrons. The number of nitrogens with one attached hydrogen (secondary N) is 1. The second-order valence-electron chi connectivity index (χ2n) is 10.1. The van der Waals surface area contributed by atoms with Crippen LogP contribution in [0.5, 0.6) is 0 Å². The van der Waals surface area contributed by atoms with Crippen LogP contribution in [0.1, 0.15) is 38.2 Å². The average molecular weight is 490 g/mol. The number of imidazole rings is 1. The summed E-state index contributed by atoms with van der Waals surface area (Å²) >= 11 is 0. The van der Waals surface area contributed by atoms with E-state index in [-0.39, 0.29) is 11.6 Å². The molecule has 0 radical (unpaired) electrons. The number of aryl methyl sites for hydroxylation is 1. The van der Waals surface area contributed by atoms with Gasteiger partial charge in [-0.3, -0.25) is 9.51 Å². The highest BCUT2D eigenvalue weighted by atomic mass is 16.5. The molecule has 4 aromatic rings. The van der Waals surface area contributed by atoms with Gasteiger partial charge < -0.3 is 14.2 Å². The van der Waals surface area contributed by atoms with Crippen LogP contribution in [0.15, 0.2) is 33.6 Å². The molecule has 0 bridgehead atoms. The second kappa shape index (κ2) is 9.50. The highest BCUT2D eigenvalue weighted by molar-refractivity contribution is 5.91. The molecule has 2 aliphatic rings. The van der Waals surface area contributed by atoms with E-state index in [2.05, 4.69) is 51.7 Å². The molecule has 4 heterocycles. The molecule has 1 N–H and O–H groups in total. The van der Waals surface area contributed by atoms with Crippen LogP contribution in [0.2, 0.25) is 0 Å². The zero-order valence-corrected chi connectivity index (χ0v) is 20.7. The maximum absolute atomic E-state index is 11.7. The smallest absolute Gasteiger partial charge is 0.378 e. The van der Waals surface area contributed by atoms with Crippen LogP contribution in [0, 0.1) is 18.8 Å². The minimum Gasteiger partial charge on any atom is -0.378 e. The largest absolute Gasteiger partial charge is 0.439 e. The lowest BCUT2D eigenvalue weighted by Gasteiger charge is -2.31. The molecule has 1 aliphatic carbocycles.